The molecule has 0 aliphatic carbocycles. The number of fused-ring (bicyclic) bond motifs is 7. The van der Waals surface area contributed by atoms with Crippen molar-refractivity contribution in [1.29, 1.82) is 0 Å². The van der Waals surface area contributed by atoms with E-state index in [1.165, 1.54) is 10.9 Å². The molecule has 3 aliphatic heterocycles. The lowest BCUT2D eigenvalue weighted by molar-refractivity contribution is 0.446. The van der Waals surface area contributed by atoms with Crippen molar-refractivity contribution in [1.82, 2.24) is 9.55 Å². The first-order valence-electron chi connectivity index (χ1n) is 18.9. The summed E-state index contributed by atoms with van der Waals surface area (Å²) < 4.78 is 21.9. The Morgan fingerprint density at radius 2 is 1.23 bits per heavy atom. The van der Waals surface area contributed by atoms with Gasteiger partial charge in [0.1, 0.15) is 23.0 Å². The van der Waals surface area contributed by atoms with Crippen LogP contribution >= 0.6 is 0 Å². The molecule has 272 valence electrons. The molecular formula is C48H37N5O3. The van der Waals surface area contributed by atoms with Crippen LogP contribution in [0.5, 0.6) is 34.5 Å². The van der Waals surface area contributed by atoms with Crippen LogP contribution in [0.4, 0.5) is 28.4 Å². The number of aromatic nitrogens is 2. The van der Waals surface area contributed by atoms with Crippen LogP contribution in [0.2, 0.25) is 0 Å². The zero-order chi connectivity index (χ0) is 37.5. The lowest BCUT2D eigenvalue weighted by atomic mass is 9.88. The van der Waals surface area contributed by atoms with Crippen LogP contribution in [0.15, 0.2) is 158 Å². The molecule has 3 aliphatic rings. The van der Waals surface area contributed by atoms with Gasteiger partial charge in [-0.2, -0.15) is 0 Å². The van der Waals surface area contributed by atoms with Gasteiger partial charge in [0.15, 0.2) is 23.0 Å². The van der Waals surface area contributed by atoms with Crippen molar-refractivity contribution >= 4 is 50.2 Å². The van der Waals surface area contributed by atoms with Crippen LogP contribution in [0.25, 0.3) is 27.6 Å². The van der Waals surface area contributed by atoms with Gasteiger partial charge in [0.25, 0.3) is 0 Å². The van der Waals surface area contributed by atoms with E-state index < -0.39 is 0 Å². The average Bonchev–Trinajstić information content (AvgIpc) is 3.84. The van der Waals surface area contributed by atoms with E-state index in [1.807, 2.05) is 60.8 Å². The average molecular weight is 732 g/mol. The minimum Gasteiger partial charge on any atom is -0.457 e. The zero-order valence-electron chi connectivity index (χ0n) is 31.2. The van der Waals surface area contributed by atoms with E-state index >= 15 is 0 Å². The molecule has 2 aromatic heterocycles. The zero-order valence-corrected chi connectivity index (χ0v) is 31.2. The van der Waals surface area contributed by atoms with Gasteiger partial charge in [0, 0.05) is 65.0 Å². The fourth-order valence-corrected chi connectivity index (χ4v) is 8.06. The summed E-state index contributed by atoms with van der Waals surface area (Å²) in [5.74, 6) is 5.51. The van der Waals surface area contributed by atoms with E-state index in [0.29, 0.717) is 6.67 Å². The quantitative estimate of drug-likeness (QED) is 0.175. The number of nitrogens with zero attached hydrogens (tertiary/aromatic N) is 5. The Morgan fingerprint density at radius 1 is 0.571 bits per heavy atom. The topological polar surface area (TPSA) is 55.2 Å². The molecule has 0 spiro atoms. The summed E-state index contributed by atoms with van der Waals surface area (Å²) in [6.07, 6.45) is 6.08. The minimum atomic E-state index is -0.00158. The molecule has 0 fully saturated rings. The highest BCUT2D eigenvalue weighted by Gasteiger charge is 2.35. The van der Waals surface area contributed by atoms with Gasteiger partial charge in [0.05, 0.1) is 29.1 Å². The summed E-state index contributed by atoms with van der Waals surface area (Å²) in [5, 5.41) is 2.33. The van der Waals surface area contributed by atoms with Crippen LogP contribution in [0.1, 0.15) is 26.3 Å². The molecule has 8 nitrogen and oxygen atoms in total. The fraction of sp³-hybridized carbons (Fsp3) is 0.104. The molecule has 0 saturated carbocycles. The highest BCUT2D eigenvalue weighted by atomic mass is 16.5. The van der Waals surface area contributed by atoms with Crippen LogP contribution in [-0.4, -0.2) is 16.2 Å². The van der Waals surface area contributed by atoms with E-state index in [-0.39, 0.29) is 5.41 Å². The maximum Gasteiger partial charge on any atom is 0.157 e. The van der Waals surface area contributed by atoms with Gasteiger partial charge >= 0.3 is 0 Å². The number of ether oxygens (including phenoxy) is 3. The third-order valence-electron chi connectivity index (χ3n) is 10.8. The second-order valence-corrected chi connectivity index (χ2v) is 15.4. The van der Waals surface area contributed by atoms with Crippen LogP contribution in [-0.2, 0) is 5.41 Å². The Balaban J connectivity index is 0.885. The molecule has 0 saturated heterocycles. The van der Waals surface area contributed by atoms with E-state index in [2.05, 4.69) is 137 Å². The van der Waals surface area contributed by atoms with Crippen molar-refractivity contribution < 1.29 is 14.2 Å². The van der Waals surface area contributed by atoms with E-state index in [1.54, 1.807) is 0 Å². The number of rotatable bonds is 5. The molecule has 0 unspecified atom stereocenters. The monoisotopic (exact) mass is 731 g/mol. The van der Waals surface area contributed by atoms with Crippen LogP contribution in [0, 0.1) is 0 Å². The SMILES string of the molecule is CC(C)(C)c1ccnc(-n2c3ccccc3c3ccc(Oc4cccc(N5C=CN(c6cc7c8c(c6)Oc6ccccc6N8c6ccccc6O7)C5)c4)cc32)c1. The molecule has 6 aromatic carbocycles. The van der Waals surface area contributed by atoms with Gasteiger partial charge in [-0.3, -0.25) is 9.47 Å². The maximum absolute atomic E-state index is 6.59. The first-order valence-corrected chi connectivity index (χ1v) is 18.9. The van der Waals surface area contributed by atoms with E-state index in [4.69, 9.17) is 19.2 Å². The largest absolute Gasteiger partial charge is 0.457 e. The second kappa shape index (κ2) is 12.2. The van der Waals surface area contributed by atoms with Crippen molar-refractivity contribution in [3.8, 4) is 40.3 Å². The van der Waals surface area contributed by atoms with Gasteiger partial charge in [-0.15, -0.1) is 0 Å². The van der Waals surface area contributed by atoms with Crippen molar-refractivity contribution in [2.45, 2.75) is 26.2 Å². The fourth-order valence-electron chi connectivity index (χ4n) is 8.06. The number of hydrogen-bond donors (Lipinski definition) is 0. The van der Waals surface area contributed by atoms with Crippen LogP contribution in [0.3, 0.4) is 0 Å². The highest BCUT2D eigenvalue weighted by molar-refractivity contribution is 6.09. The lowest BCUT2D eigenvalue weighted by Gasteiger charge is -2.38. The first kappa shape index (κ1) is 32.3. The van der Waals surface area contributed by atoms with Gasteiger partial charge in [-0.25, -0.2) is 4.98 Å². The smallest absolute Gasteiger partial charge is 0.157 e. The Hall–Kier alpha value is -7.19. The lowest BCUT2D eigenvalue weighted by Crippen LogP contribution is -2.25. The van der Waals surface area contributed by atoms with Gasteiger partial charge < -0.3 is 24.0 Å². The summed E-state index contributed by atoms with van der Waals surface area (Å²) in [5.41, 5.74) is 8.26. The maximum atomic E-state index is 6.59. The molecule has 0 N–H and O–H groups in total. The third-order valence-corrected chi connectivity index (χ3v) is 10.8. The summed E-state index contributed by atoms with van der Waals surface area (Å²) in [7, 11) is 0. The number of pyridine rings is 1. The van der Waals surface area contributed by atoms with E-state index in [9.17, 15) is 0 Å². The van der Waals surface area contributed by atoms with Crippen molar-refractivity contribution in [2.75, 3.05) is 21.4 Å². The molecule has 0 atom stereocenters. The Labute approximate surface area is 324 Å². The number of benzene rings is 6. The molecule has 0 radical (unpaired) electrons. The second-order valence-electron chi connectivity index (χ2n) is 15.4. The Kier molecular flexibility index (Phi) is 7.01. The Bertz CT molecular complexity index is 2840. The summed E-state index contributed by atoms with van der Waals surface area (Å²) in [4.78, 5) is 11.5. The van der Waals surface area contributed by atoms with Gasteiger partial charge in [0.2, 0.25) is 0 Å². The van der Waals surface area contributed by atoms with E-state index in [0.717, 1.165) is 85.2 Å². The highest BCUT2D eigenvalue weighted by Crippen LogP contribution is 2.60. The number of hydrogen-bond acceptors (Lipinski definition) is 7. The predicted molar refractivity (Wildman–Crippen MR) is 224 cm³/mol. The normalized spacial score (nSPS) is 14.0. The van der Waals surface area contributed by atoms with Crippen molar-refractivity contribution in [3.05, 3.63) is 164 Å². The van der Waals surface area contributed by atoms with Crippen LogP contribution < -0.4 is 28.9 Å². The van der Waals surface area contributed by atoms with Crippen molar-refractivity contribution in [2.24, 2.45) is 0 Å². The minimum absolute atomic E-state index is 0.00158. The summed E-state index contributed by atoms with van der Waals surface area (Å²) in [6, 6.07) is 47.8. The standard InChI is InChI=1S/C48H37N5O3/c1-48(2,3)31-21-22-49-46(25-31)52-38-14-5-4-13-36(38)37-20-19-35(29-41(37)52)54-34-12-10-11-32(26-34)50-23-24-51(30-50)33-27-44-47-45(28-33)56-43-18-9-7-16-40(43)53(47)39-15-6-8-17-42(39)55-44/h4-29H,30H2,1-3H3. The Morgan fingerprint density at radius 3 is 1.98 bits per heavy atom. The molecular weight excluding hydrogens is 695 g/mol. The molecule has 56 heavy (non-hydrogen) atoms. The molecule has 11 rings (SSSR count). The molecule has 5 heterocycles. The van der Waals surface area contributed by atoms with Gasteiger partial charge in [-0.1, -0.05) is 69.3 Å². The molecule has 0 bridgehead atoms. The number of anilines is 5. The third kappa shape index (κ3) is 5.17. The first-order chi connectivity index (χ1) is 27.4. The predicted octanol–water partition coefficient (Wildman–Crippen LogP) is 12.7. The summed E-state index contributed by atoms with van der Waals surface area (Å²) >= 11 is 0. The molecule has 8 aromatic rings. The summed E-state index contributed by atoms with van der Waals surface area (Å²) in [6.45, 7) is 7.29. The number of para-hydroxylation sites is 5. The van der Waals surface area contributed by atoms with Gasteiger partial charge in [-0.05, 0) is 77.7 Å². The molecule has 0 amide bonds. The molecule has 8 heteroatoms. The van der Waals surface area contributed by atoms with Crippen molar-refractivity contribution in [3.63, 3.8) is 0 Å².